The van der Waals surface area contributed by atoms with Gasteiger partial charge in [0, 0.05) is 22.7 Å². The Balaban J connectivity index is 1.68. The summed E-state index contributed by atoms with van der Waals surface area (Å²) in [7, 11) is 0. The number of hydrogen-bond acceptors (Lipinski definition) is 4. The lowest BCUT2D eigenvalue weighted by molar-refractivity contribution is 0.269. The van der Waals surface area contributed by atoms with Crippen LogP contribution in [0.3, 0.4) is 0 Å². The van der Waals surface area contributed by atoms with Crippen molar-refractivity contribution >= 4 is 23.2 Å². The van der Waals surface area contributed by atoms with Crippen LogP contribution in [0.5, 0.6) is 11.5 Å². The zero-order valence-electron chi connectivity index (χ0n) is 15.0. The van der Waals surface area contributed by atoms with Gasteiger partial charge in [-0.3, -0.25) is 0 Å². The molecule has 0 unspecified atom stereocenters. The summed E-state index contributed by atoms with van der Waals surface area (Å²) in [6.07, 6.45) is 1.66. The van der Waals surface area contributed by atoms with Gasteiger partial charge < -0.3 is 19.2 Å². The second-order valence-electron chi connectivity index (χ2n) is 5.92. The molecule has 0 radical (unpaired) electrons. The molecule has 0 spiro atoms. The van der Waals surface area contributed by atoms with Crippen LogP contribution in [-0.4, -0.2) is 6.61 Å². The molecule has 6 heteroatoms. The van der Waals surface area contributed by atoms with Gasteiger partial charge in [0.05, 0.1) is 19.4 Å². The predicted octanol–water partition coefficient (Wildman–Crippen LogP) is 5.85. The lowest BCUT2D eigenvalue weighted by atomic mass is 10.2. The Bertz CT molecular complexity index is 866. The highest BCUT2D eigenvalue weighted by atomic mass is 35.5. The quantitative estimate of drug-likeness (QED) is 0.484. The normalized spacial score (nSPS) is 10.8. The highest BCUT2D eigenvalue weighted by molar-refractivity contribution is 6.31. The van der Waals surface area contributed by atoms with Crippen LogP contribution < -0.4 is 14.8 Å². The topological polar surface area (TPSA) is 43.6 Å². The van der Waals surface area contributed by atoms with Crippen LogP contribution >= 0.6 is 23.2 Å². The first-order valence-electron chi connectivity index (χ1n) is 8.71. The molecule has 2 aromatic carbocycles. The molecule has 0 aliphatic rings. The van der Waals surface area contributed by atoms with Crippen molar-refractivity contribution in [1.82, 2.24) is 5.32 Å². The molecule has 0 amide bonds. The van der Waals surface area contributed by atoms with Gasteiger partial charge in [0.2, 0.25) is 0 Å². The van der Waals surface area contributed by atoms with Gasteiger partial charge in [0.1, 0.15) is 12.4 Å². The van der Waals surface area contributed by atoms with Gasteiger partial charge in [-0.05, 0) is 48.4 Å². The monoisotopic (exact) mass is 405 g/mol. The van der Waals surface area contributed by atoms with E-state index in [4.69, 9.17) is 37.1 Å². The summed E-state index contributed by atoms with van der Waals surface area (Å²) < 4.78 is 17.0. The summed E-state index contributed by atoms with van der Waals surface area (Å²) in [5, 5.41) is 4.60. The molecule has 0 saturated carbocycles. The lowest BCUT2D eigenvalue weighted by Gasteiger charge is -2.15. The zero-order chi connectivity index (χ0) is 19.1. The van der Waals surface area contributed by atoms with E-state index in [1.54, 1.807) is 12.3 Å². The maximum Gasteiger partial charge on any atom is 0.163 e. The van der Waals surface area contributed by atoms with Crippen molar-refractivity contribution in [2.24, 2.45) is 0 Å². The van der Waals surface area contributed by atoms with Crippen LogP contribution in [0.15, 0.2) is 59.2 Å². The zero-order valence-corrected chi connectivity index (χ0v) is 16.5. The highest BCUT2D eigenvalue weighted by Crippen LogP contribution is 2.34. The molecule has 3 aromatic rings. The molecule has 0 fully saturated rings. The summed E-state index contributed by atoms with van der Waals surface area (Å²) >= 11 is 12.5. The second kappa shape index (κ2) is 9.70. The van der Waals surface area contributed by atoms with E-state index in [9.17, 15) is 0 Å². The van der Waals surface area contributed by atoms with Crippen molar-refractivity contribution in [1.29, 1.82) is 0 Å². The molecule has 3 rings (SSSR count). The third-order valence-corrected chi connectivity index (χ3v) is 4.48. The van der Waals surface area contributed by atoms with Crippen molar-refractivity contribution in [3.63, 3.8) is 0 Å². The molecule has 0 bridgehead atoms. The van der Waals surface area contributed by atoms with Crippen LogP contribution in [0.1, 0.15) is 23.8 Å². The van der Waals surface area contributed by atoms with Gasteiger partial charge in [-0.15, -0.1) is 0 Å². The van der Waals surface area contributed by atoms with Crippen molar-refractivity contribution in [3.8, 4) is 11.5 Å². The predicted molar refractivity (Wildman–Crippen MR) is 108 cm³/mol. The second-order valence-corrected chi connectivity index (χ2v) is 6.77. The number of halogens is 2. The molecule has 0 aliphatic heterocycles. The van der Waals surface area contributed by atoms with E-state index in [1.165, 1.54) is 0 Å². The average Bonchev–Trinajstić information content (AvgIpc) is 3.16. The van der Waals surface area contributed by atoms with E-state index in [-0.39, 0.29) is 0 Å². The van der Waals surface area contributed by atoms with E-state index in [1.807, 2.05) is 49.4 Å². The largest absolute Gasteiger partial charge is 0.490 e. The Morgan fingerprint density at radius 3 is 2.56 bits per heavy atom. The minimum absolute atomic E-state index is 0.382. The van der Waals surface area contributed by atoms with Gasteiger partial charge in [0.15, 0.2) is 11.5 Å². The number of nitrogens with one attached hydrogen (secondary N) is 1. The Morgan fingerprint density at radius 2 is 1.81 bits per heavy atom. The van der Waals surface area contributed by atoms with Crippen molar-refractivity contribution in [3.05, 3.63) is 81.7 Å². The fraction of sp³-hybridized carbons (Fsp3) is 0.238. The molecule has 1 N–H and O–H groups in total. The average molecular weight is 406 g/mol. The Labute approximate surface area is 169 Å². The van der Waals surface area contributed by atoms with E-state index < -0.39 is 0 Å². The highest BCUT2D eigenvalue weighted by Gasteiger charge is 2.12. The van der Waals surface area contributed by atoms with Crippen LogP contribution in [-0.2, 0) is 19.7 Å². The van der Waals surface area contributed by atoms with Crippen LogP contribution in [0.2, 0.25) is 10.0 Å². The summed E-state index contributed by atoms with van der Waals surface area (Å²) in [6, 6.07) is 15.0. The van der Waals surface area contributed by atoms with Gasteiger partial charge in [-0.1, -0.05) is 35.3 Å². The molecule has 1 aromatic heterocycles. The number of rotatable bonds is 9. The van der Waals surface area contributed by atoms with Crippen LogP contribution in [0.4, 0.5) is 0 Å². The molecule has 27 heavy (non-hydrogen) atoms. The number of furan rings is 1. The summed E-state index contributed by atoms with van der Waals surface area (Å²) in [6.45, 7) is 4.07. The lowest BCUT2D eigenvalue weighted by Crippen LogP contribution is -2.13. The maximum atomic E-state index is 6.45. The van der Waals surface area contributed by atoms with E-state index in [0.29, 0.717) is 47.8 Å². The first-order valence-corrected chi connectivity index (χ1v) is 9.47. The Morgan fingerprint density at radius 1 is 0.963 bits per heavy atom. The van der Waals surface area contributed by atoms with Crippen LogP contribution in [0.25, 0.3) is 0 Å². The summed E-state index contributed by atoms with van der Waals surface area (Å²) in [5.74, 6) is 2.15. The van der Waals surface area contributed by atoms with Gasteiger partial charge in [0.25, 0.3) is 0 Å². The van der Waals surface area contributed by atoms with E-state index in [2.05, 4.69) is 5.32 Å². The molecular formula is C21H21Cl2NO3. The molecule has 0 aliphatic carbocycles. The fourth-order valence-corrected chi connectivity index (χ4v) is 3.05. The maximum absolute atomic E-state index is 6.45. The number of hydrogen-bond donors (Lipinski definition) is 1. The van der Waals surface area contributed by atoms with Gasteiger partial charge in [-0.2, -0.15) is 0 Å². The standard InChI is InChI=1S/C21H21Cl2NO3/c1-2-25-20-10-16(12-24-13-18-7-4-8-26-18)19(23)11-21(20)27-14-15-5-3-6-17(22)9-15/h3-11,24H,2,12-14H2,1H3. The first-order chi connectivity index (χ1) is 13.2. The Kier molecular flexibility index (Phi) is 7.04. The van der Waals surface area contributed by atoms with E-state index >= 15 is 0 Å². The van der Waals surface area contributed by atoms with Crippen molar-refractivity contribution < 1.29 is 13.9 Å². The number of benzene rings is 2. The molecule has 4 nitrogen and oxygen atoms in total. The SMILES string of the molecule is CCOc1cc(CNCc2ccco2)c(Cl)cc1OCc1cccc(Cl)c1. The van der Waals surface area contributed by atoms with Gasteiger partial charge >= 0.3 is 0 Å². The molecule has 0 atom stereocenters. The number of ether oxygens (including phenoxy) is 2. The van der Waals surface area contributed by atoms with Gasteiger partial charge in [-0.25, -0.2) is 0 Å². The van der Waals surface area contributed by atoms with Crippen molar-refractivity contribution in [2.45, 2.75) is 26.6 Å². The molecule has 1 heterocycles. The smallest absolute Gasteiger partial charge is 0.163 e. The van der Waals surface area contributed by atoms with E-state index in [0.717, 1.165) is 16.9 Å². The molecule has 142 valence electrons. The minimum atomic E-state index is 0.382. The summed E-state index contributed by atoms with van der Waals surface area (Å²) in [5.41, 5.74) is 1.91. The Hall–Kier alpha value is -2.14. The van der Waals surface area contributed by atoms with Crippen molar-refractivity contribution in [2.75, 3.05) is 6.61 Å². The molecular weight excluding hydrogens is 385 g/mol. The summed E-state index contributed by atoms with van der Waals surface area (Å²) in [4.78, 5) is 0. The minimum Gasteiger partial charge on any atom is -0.490 e. The third kappa shape index (κ3) is 5.67. The molecule has 0 saturated heterocycles. The third-order valence-electron chi connectivity index (χ3n) is 3.89. The van der Waals surface area contributed by atoms with Crippen LogP contribution in [0, 0.1) is 0 Å². The first kappa shape index (κ1) is 19.6. The fourth-order valence-electron chi connectivity index (χ4n) is 2.62.